The van der Waals surface area contributed by atoms with Gasteiger partial charge in [-0.15, -0.1) is 0 Å². The number of carboxylic acids is 1. The number of amides is 1. The zero-order valence-electron chi connectivity index (χ0n) is 21.3. The number of nitrogens with zero attached hydrogens (tertiary/aromatic N) is 3. The van der Waals surface area contributed by atoms with Gasteiger partial charge in [0.05, 0.1) is 30.9 Å². The maximum absolute atomic E-state index is 13.7. The van der Waals surface area contributed by atoms with Crippen LogP contribution in [0.5, 0.6) is 0 Å². The second-order valence-electron chi connectivity index (χ2n) is 9.45. The summed E-state index contributed by atoms with van der Waals surface area (Å²) in [5.74, 6) is -1.26. The molecule has 2 aromatic carbocycles. The quantitative estimate of drug-likeness (QED) is 0.333. The summed E-state index contributed by atoms with van der Waals surface area (Å²) in [5.41, 5.74) is 2.92. The minimum absolute atomic E-state index is 0.0750. The van der Waals surface area contributed by atoms with Crippen LogP contribution in [0.2, 0.25) is 0 Å². The van der Waals surface area contributed by atoms with Gasteiger partial charge in [0.15, 0.2) is 0 Å². The molecule has 9 heteroatoms. The van der Waals surface area contributed by atoms with E-state index in [1.165, 1.54) is 19.1 Å². The lowest BCUT2D eigenvalue weighted by Gasteiger charge is -2.24. The van der Waals surface area contributed by atoms with Crippen LogP contribution in [-0.4, -0.2) is 49.0 Å². The van der Waals surface area contributed by atoms with Crippen LogP contribution in [0.25, 0.3) is 11.3 Å². The van der Waals surface area contributed by atoms with E-state index in [4.69, 9.17) is 10.1 Å². The van der Waals surface area contributed by atoms with Crippen LogP contribution in [-0.2, 0) is 22.6 Å². The largest absolute Gasteiger partial charge is 0.481 e. The molecule has 198 valence electrons. The molecular weight excluding hydrogens is 477 g/mol. The van der Waals surface area contributed by atoms with E-state index in [2.05, 4.69) is 0 Å². The number of imidazole rings is 1. The summed E-state index contributed by atoms with van der Waals surface area (Å²) in [7, 11) is 0. The Balaban J connectivity index is 2.03. The predicted molar refractivity (Wildman–Crippen MR) is 139 cm³/mol. The zero-order chi connectivity index (χ0) is 27.1. The molecule has 0 saturated heterocycles. The minimum atomic E-state index is -1.16. The summed E-state index contributed by atoms with van der Waals surface area (Å²) >= 11 is 0. The smallest absolute Gasteiger partial charge is 0.305 e. The molecule has 1 heterocycles. The van der Waals surface area contributed by atoms with Crippen LogP contribution in [0.3, 0.4) is 0 Å². The summed E-state index contributed by atoms with van der Waals surface area (Å²) in [6.45, 7) is 5.73. The number of hydrogen-bond acceptors (Lipinski definition) is 5. The molecule has 37 heavy (non-hydrogen) atoms. The maximum Gasteiger partial charge on any atom is 0.305 e. The molecule has 3 aromatic rings. The van der Waals surface area contributed by atoms with Crippen molar-refractivity contribution in [1.82, 2.24) is 9.55 Å². The van der Waals surface area contributed by atoms with Crippen LogP contribution < -0.4 is 4.90 Å². The molecule has 2 atom stereocenters. The van der Waals surface area contributed by atoms with Crippen molar-refractivity contribution in [2.45, 2.75) is 71.2 Å². The van der Waals surface area contributed by atoms with Crippen molar-refractivity contribution < 1.29 is 29.3 Å². The number of carbonyl (C=O) groups is 2. The highest BCUT2D eigenvalue weighted by Crippen LogP contribution is 2.33. The van der Waals surface area contributed by atoms with E-state index in [1.807, 2.05) is 48.7 Å². The first-order chi connectivity index (χ1) is 17.6. The third-order valence-electron chi connectivity index (χ3n) is 6.10. The molecule has 0 saturated carbocycles. The summed E-state index contributed by atoms with van der Waals surface area (Å²) in [6, 6.07) is 15.4. The van der Waals surface area contributed by atoms with Gasteiger partial charge in [-0.05, 0) is 62.9 Å². The van der Waals surface area contributed by atoms with Crippen LogP contribution in [0, 0.1) is 5.82 Å². The summed E-state index contributed by atoms with van der Waals surface area (Å²) in [6.07, 6.45) is -2.04. The van der Waals surface area contributed by atoms with Crippen LogP contribution >= 0.6 is 0 Å². The van der Waals surface area contributed by atoms with Gasteiger partial charge in [-0.1, -0.05) is 30.3 Å². The van der Waals surface area contributed by atoms with Gasteiger partial charge in [0.1, 0.15) is 5.82 Å². The number of aliphatic carboxylic acids is 1. The molecule has 0 spiro atoms. The number of aromatic nitrogens is 2. The maximum atomic E-state index is 13.7. The monoisotopic (exact) mass is 511 g/mol. The molecule has 8 nitrogen and oxygen atoms in total. The van der Waals surface area contributed by atoms with Gasteiger partial charge < -0.3 is 19.9 Å². The van der Waals surface area contributed by atoms with Crippen molar-refractivity contribution >= 4 is 17.8 Å². The van der Waals surface area contributed by atoms with Gasteiger partial charge in [0.2, 0.25) is 11.9 Å². The topological polar surface area (TPSA) is 116 Å². The van der Waals surface area contributed by atoms with E-state index in [1.54, 1.807) is 17.0 Å². The molecule has 1 amide bonds. The number of carbonyl (C=O) groups excluding carboxylic acids is 1. The van der Waals surface area contributed by atoms with Crippen LogP contribution in [0.15, 0.2) is 54.6 Å². The fraction of sp³-hybridized carbons (Fsp3) is 0.393. The Hall–Kier alpha value is -3.56. The molecule has 0 bridgehead atoms. The number of carboxylic acid groups (broad SMARTS) is 1. The highest BCUT2D eigenvalue weighted by molar-refractivity contribution is 5.90. The lowest BCUT2D eigenvalue weighted by molar-refractivity contribution is -0.139. The van der Waals surface area contributed by atoms with Crippen molar-refractivity contribution in [1.29, 1.82) is 0 Å². The lowest BCUT2D eigenvalue weighted by atomic mass is 10.0. The van der Waals surface area contributed by atoms with Gasteiger partial charge in [0, 0.05) is 24.2 Å². The molecule has 0 aliphatic heterocycles. The average molecular weight is 512 g/mol. The normalized spacial score (nSPS) is 12.9. The highest BCUT2D eigenvalue weighted by atomic mass is 19.1. The molecule has 3 N–H and O–H groups in total. The van der Waals surface area contributed by atoms with Crippen LogP contribution in [0.1, 0.15) is 57.3 Å². The SMILES string of the molecule is CC(=O)N(Cc1ccccc1)c1nc(-c2ccc(F)cc2)c(CCC(O)CC(O)CC(=O)O)n1C(C)C. The van der Waals surface area contributed by atoms with Crippen LogP contribution in [0.4, 0.5) is 10.3 Å². The first-order valence-electron chi connectivity index (χ1n) is 12.3. The Labute approximate surface area is 216 Å². The van der Waals surface area contributed by atoms with Gasteiger partial charge >= 0.3 is 5.97 Å². The van der Waals surface area contributed by atoms with E-state index in [0.717, 1.165) is 11.3 Å². The fourth-order valence-electron chi connectivity index (χ4n) is 4.37. The molecule has 0 aliphatic carbocycles. The summed E-state index contributed by atoms with van der Waals surface area (Å²) < 4.78 is 15.6. The second-order valence-corrected chi connectivity index (χ2v) is 9.45. The Bertz CT molecular complexity index is 1190. The molecule has 1 aromatic heterocycles. The van der Waals surface area contributed by atoms with Crippen molar-refractivity contribution in [3.05, 3.63) is 71.7 Å². The lowest BCUT2D eigenvalue weighted by Crippen LogP contribution is -2.31. The van der Waals surface area contributed by atoms with Crippen molar-refractivity contribution in [3.8, 4) is 11.3 Å². The minimum Gasteiger partial charge on any atom is -0.481 e. The van der Waals surface area contributed by atoms with Gasteiger partial charge in [-0.2, -0.15) is 0 Å². The van der Waals surface area contributed by atoms with Gasteiger partial charge in [-0.25, -0.2) is 9.37 Å². The van der Waals surface area contributed by atoms with Gasteiger partial charge in [-0.3, -0.25) is 14.5 Å². The third-order valence-corrected chi connectivity index (χ3v) is 6.10. The number of hydrogen-bond donors (Lipinski definition) is 3. The number of anilines is 1. The number of halogens is 1. The van der Waals surface area contributed by atoms with E-state index >= 15 is 0 Å². The number of aliphatic hydroxyl groups excluding tert-OH is 2. The molecule has 3 rings (SSSR count). The number of rotatable bonds is 12. The van der Waals surface area contributed by atoms with Gasteiger partial charge in [0.25, 0.3) is 0 Å². The Kier molecular flexibility index (Phi) is 9.54. The standard InChI is InChI=1S/C28H34FN3O5/c1-18(2)32-25(14-13-23(34)15-24(35)16-26(36)37)27(21-9-11-22(29)12-10-21)30-28(32)31(19(3)33)17-20-7-5-4-6-8-20/h4-12,18,23-24,34-35H,13-17H2,1-3H3,(H,36,37). The van der Waals surface area contributed by atoms with Crippen molar-refractivity contribution in [3.63, 3.8) is 0 Å². The molecule has 0 fully saturated rings. The molecule has 0 aliphatic rings. The fourth-order valence-corrected chi connectivity index (χ4v) is 4.37. The van der Waals surface area contributed by atoms with E-state index in [-0.39, 0.29) is 30.6 Å². The first kappa shape index (κ1) is 28.0. The molecule has 2 unspecified atom stereocenters. The average Bonchev–Trinajstić information content (AvgIpc) is 3.21. The van der Waals surface area contributed by atoms with Crippen molar-refractivity contribution in [2.75, 3.05) is 4.90 Å². The van der Waals surface area contributed by atoms with E-state index in [9.17, 15) is 24.2 Å². The Morgan fingerprint density at radius 1 is 1.03 bits per heavy atom. The van der Waals surface area contributed by atoms with E-state index in [0.29, 0.717) is 30.2 Å². The molecule has 0 radical (unpaired) electrons. The first-order valence-corrected chi connectivity index (χ1v) is 12.3. The van der Waals surface area contributed by atoms with E-state index < -0.39 is 24.6 Å². The molecular formula is C28H34FN3O5. The van der Waals surface area contributed by atoms with Crippen molar-refractivity contribution in [2.24, 2.45) is 0 Å². The third kappa shape index (κ3) is 7.47. The zero-order valence-corrected chi connectivity index (χ0v) is 21.3. The Morgan fingerprint density at radius 3 is 2.24 bits per heavy atom. The summed E-state index contributed by atoms with van der Waals surface area (Å²) in [4.78, 5) is 30.1. The number of aliphatic hydroxyl groups is 2. The highest BCUT2D eigenvalue weighted by Gasteiger charge is 2.27. The summed E-state index contributed by atoms with van der Waals surface area (Å²) in [5, 5.41) is 29.3. The predicted octanol–water partition coefficient (Wildman–Crippen LogP) is 4.34. The Morgan fingerprint density at radius 2 is 1.68 bits per heavy atom. The number of benzene rings is 2. The second kappa shape index (κ2) is 12.6.